The Morgan fingerprint density at radius 2 is 2.00 bits per heavy atom. The van der Waals surface area contributed by atoms with E-state index >= 15 is 0 Å². The Balaban J connectivity index is 2.49. The maximum Gasteiger partial charge on any atom is 0.311 e. The second kappa shape index (κ2) is 2.73. The molecule has 0 radical (unpaired) electrons. The first-order chi connectivity index (χ1) is 5.40. The van der Waals surface area contributed by atoms with Gasteiger partial charge in [-0.25, -0.2) is 0 Å². The minimum atomic E-state index is -0.320. The molecule has 0 saturated heterocycles. The second-order valence-electron chi connectivity index (χ2n) is 4.29. The van der Waals surface area contributed by atoms with Gasteiger partial charge in [0, 0.05) is 5.54 Å². The molecule has 0 aromatic carbocycles. The molecule has 0 atom stereocenters. The van der Waals surface area contributed by atoms with E-state index in [1.165, 1.54) is 0 Å². The van der Waals surface area contributed by atoms with Crippen LogP contribution < -0.4 is 5.73 Å². The predicted molar refractivity (Wildman–Crippen MR) is 46.6 cm³/mol. The fraction of sp³-hybridized carbons (Fsp3) is 0.889. The van der Waals surface area contributed by atoms with Crippen LogP contribution in [0.4, 0.5) is 0 Å². The molecule has 0 aromatic heterocycles. The Morgan fingerprint density at radius 1 is 1.50 bits per heavy atom. The minimum absolute atomic E-state index is 0.104. The molecule has 0 aromatic rings. The van der Waals surface area contributed by atoms with Gasteiger partial charge in [-0.2, -0.15) is 0 Å². The summed E-state index contributed by atoms with van der Waals surface area (Å²) in [6.45, 7) is 6.16. The third-order valence-corrected chi connectivity index (χ3v) is 2.36. The van der Waals surface area contributed by atoms with E-state index in [9.17, 15) is 4.79 Å². The van der Waals surface area contributed by atoms with Crippen LogP contribution in [0.25, 0.3) is 0 Å². The van der Waals surface area contributed by atoms with Gasteiger partial charge in [-0.15, -0.1) is 0 Å². The molecule has 1 aliphatic carbocycles. The van der Waals surface area contributed by atoms with Gasteiger partial charge in [0.15, 0.2) is 0 Å². The summed E-state index contributed by atoms with van der Waals surface area (Å²) in [5, 5.41) is 0. The summed E-state index contributed by atoms with van der Waals surface area (Å²) in [5.41, 5.74) is 5.34. The average molecular weight is 171 g/mol. The summed E-state index contributed by atoms with van der Waals surface area (Å²) in [7, 11) is 0. The van der Waals surface area contributed by atoms with Gasteiger partial charge in [-0.05, 0) is 33.6 Å². The van der Waals surface area contributed by atoms with E-state index in [1.807, 2.05) is 20.8 Å². The quantitative estimate of drug-likeness (QED) is 0.632. The molecule has 70 valence electrons. The lowest BCUT2D eigenvalue weighted by Crippen LogP contribution is -2.58. The number of nitrogens with two attached hydrogens (primary N) is 1. The molecule has 0 unspecified atom stereocenters. The fourth-order valence-electron chi connectivity index (χ4n) is 2.18. The summed E-state index contributed by atoms with van der Waals surface area (Å²) in [4.78, 5) is 11.4. The molecule has 0 aliphatic heterocycles. The van der Waals surface area contributed by atoms with Gasteiger partial charge in [-0.1, -0.05) is 0 Å². The maximum atomic E-state index is 11.4. The molecular formula is C9H17NO2. The first-order valence-corrected chi connectivity index (χ1v) is 4.36. The van der Waals surface area contributed by atoms with Crippen molar-refractivity contribution in [2.75, 3.05) is 6.61 Å². The van der Waals surface area contributed by atoms with Gasteiger partial charge in [0.2, 0.25) is 0 Å². The van der Waals surface area contributed by atoms with Crippen molar-refractivity contribution in [2.45, 2.75) is 39.2 Å². The number of hydrogen-bond acceptors (Lipinski definition) is 3. The highest BCUT2D eigenvalue weighted by atomic mass is 16.5. The highest BCUT2D eigenvalue weighted by Crippen LogP contribution is 2.47. The van der Waals surface area contributed by atoms with E-state index in [2.05, 4.69) is 0 Å². The molecule has 0 heterocycles. The van der Waals surface area contributed by atoms with Crippen molar-refractivity contribution < 1.29 is 9.53 Å². The number of esters is 1. The Hall–Kier alpha value is -0.570. The molecular weight excluding hydrogens is 154 g/mol. The van der Waals surface area contributed by atoms with Crippen LogP contribution in [0.1, 0.15) is 33.6 Å². The van der Waals surface area contributed by atoms with Crippen LogP contribution in [0, 0.1) is 5.41 Å². The zero-order chi connectivity index (χ0) is 9.41. The second-order valence-corrected chi connectivity index (χ2v) is 4.29. The topological polar surface area (TPSA) is 52.3 Å². The third-order valence-electron chi connectivity index (χ3n) is 2.36. The largest absolute Gasteiger partial charge is 0.466 e. The maximum absolute atomic E-state index is 11.4. The van der Waals surface area contributed by atoms with Crippen LogP contribution >= 0.6 is 0 Å². The molecule has 1 aliphatic rings. The zero-order valence-corrected chi connectivity index (χ0v) is 8.02. The highest BCUT2D eigenvalue weighted by Gasteiger charge is 2.52. The van der Waals surface area contributed by atoms with E-state index in [4.69, 9.17) is 10.5 Å². The number of hydrogen-bond donors (Lipinski definition) is 1. The van der Waals surface area contributed by atoms with Gasteiger partial charge in [0.1, 0.15) is 0 Å². The Morgan fingerprint density at radius 3 is 2.33 bits per heavy atom. The molecule has 2 N–H and O–H groups in total. The molecule has 0 bridgehead atoms. The van der Waals surface area contributed by atoms with Gasteiger partial charge in [-0.3, -0.25) is 4.79 Å². The van der Waals surface area contributed by atoms with E-state index in [0.29, 0.717) is 6.61 Å². The summed E-state index contributed by atoms with van der Waals surface area (Å²) in [6, 6.07) is 0. The molecule has 3 heteroatoms. The van der Waals surface area contributed by atoms with Crippen LogP contribution in [-0.2, 0) is 9.53 Å². The Bertz CT molecular complexity index is 191. The van der Waals surface area contributed by atoms with Crippen molar-refractivity contribution in [3.63, 3.8) is 0 Å². The van der Waals surface area contributed by atoms with Crippen molar-refractivity contribution in [1.82, 2.24) is 0 Å². The molecule has 0 amide bonds. The lowest BCUT2D eigenvalue weighted by atomic mass is 9.59. The van der Waals surface area contributed by atoms with Gasteiger partial charge in [0.25, 0.3) is 0 Å². The minimum Gasteiger partial charge on any atom is -0.466 e. The predicted octanol–water partition coefficient (Wildman–Crippen LogP) is 1.07. The lowest BCUT2D eigenvalue weighted by Gasteiger charge is -2.48. The van der Waals surface area contributed by atoms with Gasteiger partial charge < -0.3 is 10.5 Å². The molecule has 1 rings (SSSR count). The number of carbonyl (C=O) groups is 1. The van der Waals surface area contributed by atoms with Crippen LogP contribution in [0.15, 0.2) is 0 Å². The number of rotatable bonds is 2. The summed E-state index contributed by atoms with van der Waals surface area (Å²) in [5.74, 6) is -0.104. The smallest absolute Gasteiger partial charge is 0.311 e. The molecule has 1 fully saturated rings. The molecule has 12 heavy (non-hydrogen) atoms. The van der Waals surface area contributed by atoms with Crippen LogP contribution in [0.5, 0.6) is 0 Å². The van der Waals surface area contributed by atoms with Gasteiger partial charge in [0.05, 0.1) is 12.0 Å². The van der Waals surface area contributed by atoms with Crippen molar-refractivity contribution >= 4 is 5.97 Å². The first kappa shape index (κ1) is 9.52. The van der Waals surface area contributed by atoms with Crippen molar-refractivity contribution in [3.05, 3.63) is 0 Å². The third kappa shape index (κ3) is 1.61. The Labute approximate surface area is 73.3 Å². The SMILES string of the molecule is CCOC(=O)C1(C)CC(C)(N)C1. The van der Waals surface area contributed by atoms with E-state index in [0.717, 1.165) is 12.8 Å². The fourth-order valence-corrected chi connectivity index (χ4v) is 2.18. The first-order valence-electron chi connectivity index (χ1n) is 4.36. The molecule has 1 saturated carbocycles. The zero-order valence-electron chi connectivity index (χ0n) is 8.02. The summed E-state index contributed by atoms with van der Waals surface area (Å²) in [6.07, 6.45) is 1.47. The normalized spacial score (nSPS) is 40.3. The van der Waals surface area contributed by atoms with Crippen molar-refractivity contribution in [3.8, 4) is 0 Å². The van der Waals surface area contributed by atoms with Crippen LogP contribution in [-0.4, -0.2) is 18.1 Å². The molecule has 0 spiro atoms. The van der Waals surface area contributed by atoms with Crippen molar-refractivity contribution in [2.24, 2.45) is 11.1 Å². The average Bonchev–Trinajstić information content (AvgIpc) is 1.83. The van der Waals surface area contributed by atoms with Crippen LogP contribution in [0.3, 0.4) is 0 Å². The highest BCUT2D eigenvalue weighted by molar-refractivity contribution is 5.78. The van der Waals surface area contributed by atoms with Gasteiger partial charge >= 0.3 is 5.97 Å². The molecule has 3 nitrogen and oxygen atoms in total. The summed E-state index contributed by atoms with van der Waals surface area (Å²) < 4.78 is 4.95. The van der Waals surface area contributed by atoms with Crippen molar-refractivity contribution in [1.29, 1.82) is 0 Å². The van der Waals surface area contributed by atoms with E-state index in [1.54, 1.807) is 0 Å². The number of ether oxygens (including phenoxy) is 1. The van der Waals surface area contributed by atoms with E-state index < -0.39 is 0 Å². The van der Waals surface area contributed by atoms with Crippen LogP contribution in [0.2, 0.25) is 0 Å². The monoisotopic (exact) mass is 171 g/mol. The standard InChI is InChI=1S/C9H17NO2/c1-4-12-7(11)8(2)5-9(3,10)6-8/h4-6,10H2,1-3H3. The van der Waals surface area contributed by atoms with E-state index in [-0.39, 0.29) is 16.9 Å². The number of carbonyl (C=O) groups excluding carboxylic acids is 1. The Kier molecular flexibility index (Phi) is 2.17. The lowest BCUT2D eigenvalue weighted by molar-refractivity contribution is -0.163. The summed E-state index contributed by atoms with van der Waals surface area (Å²) >= 11 is 0.